The lowest BCUT2D eigenvalue weighted by Gasteiger charge is -2.13. The molecule has 0 aromatic heterocycles. The Hall–Kier alpha value is -0.720. The zero-order valence-corrected chi connectivity index (χ0v) is 9.06. The van der Waals surface area contributed by atoms with E-state index in [4.69, 9.17) is 0 Å². The fourth-order valence-corrected chi connectivity index (χ4v) is 1.63. The van der Waals surface area contributed by atoms with Gasteiger partial charge < -0.3 is 5.32 Å². The molecule has 0 radical (unpaired) electrons. The van der Waals surface area contributed by atoms with E-state index in [0.29, 0.717) is 0 Å². The molecule has 0 unspecified atom stereocenters. The largest absolute Gasteiger partial charge is 0.363 e. The van der Waals surface area contributed by atoms with Crippen LogP contribution in [0.2, 0.25) is 0 Å². The molecule has 1 aliphatic heterocycles. The van der Waals surface area contributed by atoms with Crippen LogP contribution in [0.4, 0.5) is 0 Å². The second kappa shape index (κ2) is 5.11. The third-order valence-corrected chi connectivity index (χ3v) is 2.28. The third kappa shape index (κ3) is 3.67. The lowest BCUT2D eigenvalue weighted by Crippen LogP contribution is -2.13. The maximum absolute atomic E-state index is 3.52. The van der Waals surface area contributed by atoms with Crippen LogP contribution in [-0.4, -0.2) is 0 Å². The molecule has 1 rings (SSSR count). The Morgan fingerprint density at radius 1 is 1.23 bits per heavy atom. The average Bonchev–Trinajstić information content (AvgIpc) is 2.28. The van der Waals surface area contributed by atoms with Gasteiger partial charge in [-0.15, -0.1) is 0 Å². The van der Waals surface area contributed by atoms with Gasteiger partial charge in [0, 0.05) is 11.4 Å². The van der Waals surface area contributed by atoms with E-state index < -0.39 is 0 Å². The van der Waals surface area contributed by atoms with E-state index in [0.717, 1.165) is 12.3 Å². The Morgan fingerprint density at radius 3 is 2.38 bits per heavy atom. The summed E-state index contributed by atoms with van der Waals surface area (Å²) in [5, 5.41) is 3.52. The van der Waals surface area contributed by atoms with E-state index >= 15 is 0 Å². The molecule has 0 saturated heterocycles. The van der Waals surface area contributed by atoms with E-state index in [1.807, 2.05) is 0 Å². The summed E-state index contributed by atoms with van der Waals surface area (Å²) >= 11 is 0. The molecule has 0 bridgehead atoms. The smallest absolute Gasteiger partial charge is 0.0110 e. The summed E-state index contributed by atoms with van der Waals surface area (Å²) in [4.78, 5) is 0. The van der Waals surface area contributed by atoms with Crippen LogP contribution in [0.15, 0.2) is 23.5 Å². The Morgan fingerprint density at radius 2 is 1.85 bits per heavy atom. The Balaban J connectivity index is 2.55. The molecule has 1 N–H and O–H groups in total. The van der Waals surface area contributed by atoms with E-state index in [2.05, 4.69) is 38.2 Å². The maximum Gasteiger partial charge on any atom is 0.0110 e. The van der Waals surface area contributed by atoms with Crippen molar-refractivity contribution in [1.82, 2.24) is 5.32 Å². The molecule has 1 heteroatoms. The number of rotatable bonds is 3. The van der Waals surface area contributed by atoms with Gasteiger partial charge in [0.2, 0.25) is 0 Å². The minimum atomic E-state index is 0.745. The zero-order chi connectivity index (χ0) is 9.68. The molecule has 0 saturated carbocycles. The number of hydrogen-bond acceptors (Lipinski definition) is 1. The fourth-order valence-electron chi connectivity index (χ4n) is 1.63. The summed E-state index contributed by atoms with van der Waals surface area (Å²) in [7, 11) is 0. The van der Waals surface area contributed by atoms with Crippen LogP contribution in [0, 0.1) is 5.92 Å². The van der Waals surface area contributed by atoms with Crippen molar-refractivity contribution in [2.75, 3.05) is 0 Å². The lowest BCUT2D eigenvalue weighted by molar-refractivity contribution is 0.615. The van der Waals surface area contributed by atoms with Crippen molar-refractivity contribution in [3.05, 3.63) is 23.5 Å². The highest BCUT2D eigenvalue weighted by Gasteiger charge is 2.04. The number of nitrogens with one attached hydrogen (secondary N) is 1. The SMILES string of the molecule is CCC1=CCCC=C(CC(C)C)N1. The van der Waals surface area contributed by atoms with Crippen LogP contribution in [-0.2, 0) is 0 Å². The van der Waals surface area contributed by atoms with Crippen molar-refractivity contribution in [3.63, 3.8) is 0 Å². The van der Waals surface area contributed by atoms with Crippen molar-refractivity contribution in [2.45, 2.75) is 46.5 Å². The molecule has 0 atom stereocenters. The molecule has 1 heterocycles. The number of allylic oxidation sites excluding steroid dienone is 4. The topological polar surface area (TPSA) is 12.0 Å². The highest BCUT2D eigenvalue weighted by atomic mass is 14.9. The first-order valence-corrected chi connectivity index (χ1v) is 5.37. The van der Waals surface area contributed by atoms with Gasteiger partial charge in [0.15, 0.2) is 0 Å². The van der Waals surface area contributed by atoms with Crippen molar-refractivity contribution < 1.29 is 0 Å². The molecular weight excluding hydrogens is 158 g/mol. The molecule has 0 aliphatic carbocycles. The van der Waals surface area contributed by atoms with Gasteiger partial charge in [0.05, 0.1) is 0 Å². The van der Waals surface area contributed by atoms with Crippen molar-refractivity contribution in [1.29, 1.82) is 0 Å². The summed E-state index contributed by atoms with van der Waals surface area (Å²) in [6.07, 6.45) is 9.35. The third-order valence-electron chi connectivity index (χ3n) is 2.28. The molecule has 0 aromatic rings. The van der Waals surface area contributed by atoms with Crippen LogP contribution in [0.1, 0.15) is 46.5 Å². The quantitative estimate of drug-likeness (QED) is 0.698. The van der Waals surface area contributed by atoms with Crippen molar-refractivity contribution in [3.8, 4) is 0 Å². The van der Waals surface area contributed by atoms with E-state index in [-0.39, 0.29) is 0 Å². The summed E-state index contributed by atoms with van der Waals surface area (Å²) < 4.78 is 0. The standard InChI is InChI=1S/C12H21N/c1-4-11-7-5-6-8-12(13-11)9-10(2)3/h7-8,10,13H,4-6,9H2,1-3H3. The van der Waals surface area contributed by atoms with Gasteiger partial charge in [0.25, 0.3) is 0 Å². The average molecular weight is 179 g/mol. The maximum atomic E-state index is 3.52. The Labute approximate surface area is 81.9 Å². The summed E-state index contributed by atoms with van der Waals surface area (Å²) in [6.45, 7) is 6.74. The van der Waals surface area contributed by atoms with Crippen LogP contribution in [0.3, 0.4) is 0 Å². The van der Waals surface area contributed by atoms with Crippen molar-refractivity contribution >= 4 is 0 Å². The fraction of sp³-hybridized carbons (Fsp3) is 0.667. The van der Waals surface area contributed by atoms with Crippen LogP contribution in [0.25, 0.3) is 0 Å². The molecule has 0 amide bonds. The van der Waals surface area contributed by atoms with Crippen LogP contribution >= 0.6 is 0 Å². The Bertz CT molecular complexity index is 211. The van der Waals surface area contributed by atoms with Gasteiger partial charge in [-0.25, -0.2) is 0 Å². The molecule has 1 nitrogen and oxygen atoms in total. The molecular formula is C12H21N. The van der Waals surface area contributed by atoms with E-state index in [9.17, 15) is 0 Å². The van der Waals surface area contributed by atoms with Gasteiger partial charge in [-0.3, -0.25) is 0 Å². The summed E-state index contributed by atoms with van der Waals surface area (Å²) in [5.41, 5.74) is 2.81. The minimum absolute atomic E-state index is 0.745. The van der Waals surface area contributed by atoms with Gasteiger partial charge in [-0.2, -0.15) is 0 Å². The zero-order valence-electron chi connectivity index (χ0n) is 9.06. The second-order valence-electron chi connectivity index (χ2n) is 4.11. The minimum Gasteiger partial charge on any atom is -0.363 e. The molecule has 0 aromatic carbocycles. The first-order valence-electron chi connectivity index (χ1n) is 5.37. The van der Waals surface area contributed by atoms with Crippen LogP contribution in [0.5, 0.6) is 0 Å². The van der Waals surface area contributed by atoms with E-state index in [1.54, 1.807) is 0 Å². The lowest BCUT2D eigenvalue weighted by atomic mass is 10.1. The van der Waals surface area contributed by atoms with Crippen LogP contribution < -0.4 is 5.32 Å². The van der Waals surface area contributed by atoms with Crippen molar-refractivity contribution in [2.24, 2.45) is 5.92 Å². The first-order chi connectivity index (χ1) is 6.22. The van der Waals surface area contributed by atoms with E-state index in [1.165, 1.54) is 30.7 Å². The Kier molecular flexibility index (Phi) is 4.07. The molecule has 1 aliphatic rings. The monoisotopic (exact) mass is 179 g/mol. The predicted octanol–water partition coefficient (Wildman–Crippen LogP) is 3.59. The first kappa shape index (κ1) is 10.4. The number of hydrogen-bond donors (Lipinski definition) is 1. The van der Waals surface area contributed by atoms with Gasteiger partial charge >= 0.3 is 0 Å². The highest BCUT2D eigenvalue weighted by molar-refractivity contribution is 5.14. The normalized spacial score (nSPS) is 17.5. The molecule has 0 spiro atoms. The highest BCUT2D eigenvalue weighted by Crippen LogP contribution is 2.16. The summed E-state index contributed by atoms with van der Waals surface area (Å²) in [5.74, 6) is 0.745. The van der Waals surface area contributed by atoms with Gasteiger partial charge in [-0.05, 0) is 31.6 Å². The summed E-state index contributed by atoms with van der Waals surface area (Å²) in [6, 6.07) is 0. The molecule has 13 heavy (non-hydrogen) atoms. The molecule has 0 fully saturated rings. The predicted molar refractivity (Wildman–Crippen MR) is 58.3 cm³/mol. The van der Waals surface area contributed by atoms with Gasteiger partial charge in [-0.1, -0.05) is 32.9 Å². The van der Waals surface area contributed by atoms with Gasteiger partial charge in [0.1, 0.15) is 0 Å². The second-order valence-corrected chi connectivity index (χ2v) is 4.11. The molecule has 74 valence electrons.